The number of hydrogen-bond acceptors (Lipinski definition) is 5. The fourth-order valence-electron chi connectivity index (χ4n) is 3.52. The molecule has 1 N–H and O–H groups in total. The zero-order chi connectivity index (χ0) is 23.8. The molecule has 2 aromatic heterocycles. The monoisotopic (exact) mass is 465 g/mol. The zero-order valence-corrected chi connectivity index (χ0v) is 18.5. The van der Waals surface area contributed by atoms with Crippen LogP contribution in [0.1, 0.15) is 35.0 Å². The van der Waals surface area contributed by atoms with Crippen LogP contribution in [0.15, 0.2) is 65.5 Å². The molecule has 0 amide bonds. The molecule has 0 aliphatic heterocycles. The van der Waals surface area contributed by atoms with Crippen LogP contribution < -0.4 is 4.74 Å². The molecule has 6 nitrogen and oxygen atoms in total. The Balaban J connectivity index is 1.25. The summed E-state index contributed by atoms with van der Waals surface area (Å²) < 4.78 is 40.6. The van der Waals surface area contributed by atoms with Gasteiger partial charge in [0, 0.05) is 37.0 Å². The molecule has 0 atom stereocenters. The first-order chi connectivity index (χ1) is 16.6. The van der Waals surface area contributed by atoms with Crippen LogP contribution in [-0.2, 0) is 26.0 Å². The molecule has 0 radical (unpaired) electrons. The first kappa shape index (κ1) is 23.4. The van der Waals surface area contributed by atoms with Gasteiger partial charge in [-0.25, -0.2) is 18.7 Å². The van der Waals surface area contributed by atoms with E-state index in [0.29, 0.717) is 17.9 Å². The SMILES string of the molecule is OCCc1nccn1CCCc1ccc(OCc2coc(/C=C/c3c(F)cccc3F)n2)cc1. The molecule has 0 saturated heterocycles. The number of halogens is 2. The Morgan fingerprint density at radius 3 is 2.59 bits per heavy atom. The number of oxazole rings is 1. The van der Waals surface area contributed by atoms with E-state index >= 15 is 0 Å². The van der Waals surface area contributed by atoms with E-state index in [1.165, 1.54) is 42.2 Å². The molecule has 0 unspecified atom stereocenters. The van der Waals surface area contributed by atoms with Crippen molar-refractivity contribution in [2.45, 2.75) is 32.4 Å². The van der Waals surface area contributed by atoms with Crippen LogP contribution in [-0.4, -0.2) is 26.2 Å². The summed E-state index contributed by atoms with van der Waals surface area (Å²) in [6.45, 7) is 1.15. The van der Waals surface area contributed by atoms with Crippen molar-refractivity contribution in [3.8, 4) is 5.75 Å². The minimum absolute atomic E-state index is 0.0957. The summed E-state index contributed by atoms with van der Waals surface area (Å²) in [6.07, 6.45) is 10.3. The van der Waals surface area contributed by atoms with Gasteiger partial charge in [-0.05, 0) is 48.7 Å². The highest BCUT2D eigenvalue weighted by atomic mass is 19.1. The fraction of sp³-hybridized carbons (Fsp3) is 0.231. The molecule has 0 bridgehead atoms. The molecular formula is C26H25F2N3O3. The Morgan fingerprint density at radius 2 is 1.82 bits per heavy atom. The molecule has 0 spiro atoms. The van der Waals surface area contributed by atoms with E-state index in [-0.39, 0.29) is 24.7 Å². The number of imidazole rings is 1. The van der Waals surface area contributed by atoms with Crippen LogP contribution in [0.2, 0.25) is 0 Å². The summed E-state index contributed by atoms with van der Waals surface area (Å²) in [5.41, 5.74) is 1.62. The number of aliphatic hydroxyl groups excluding tert-OH is 1. The molecule has 0 aliphatic rings. The molecule has 0 fully saturated rings. The second-order valence-electron chi connectivity index (χ2n) is 7.69. The van der Waals surface area contributed by atoms with Gasteiger partial charge in [-0.15, -0.1) is 0 Å². The van der Waals surface area contributed by atoms with Crippen molar-refractivity contribution in [3.05, 3.63) is 101 Å². The molecule has 8 heteroatoms. The molecular weight excluding hydrogens is 440 g/mol. The largest absolute Gasteiger partial charge is 0.487 e. The Hall–Kier alpha value is -3.78. The lowest BCUT2D eigenvalue weighted by atomic mass is 10.1. The van der Waals surface area contributed by atoms with E-state index in [0.717, 1.165) is 25.2 Å². The minimum atomic E-state index is -0.650. The van der Waals surface area contributed by atoms with E-state index in [2.05, 4.69) is 14.5 Å². The number of nitrogens with zero attached hydrogens (tertiary/aromatic N) is 3. The van der Waals surface area contributed by atoms with Gasteiger partial charge >= 0.3 is 0 Å². The predicted octanol–water partition coefficient (Wildman–Crippen LogP) is 5.07. The minimum Gasteiger partial charge on any atom is -0.487 e. The number of aromatic nitrogens is 3. The third-order valence-electron chi connectivity index (χ3n) is 5.27. The van der Waals surface area contributed by atoms with Crippen molar-refractivity contribution < 1.29 is 23.0 Å². The fourth-order valence-corrected chi connectivity index (χ4v) is 3.52. The average molecular weight is 466 g/mol. The molecule has 176 valence electrons. The van der Waals surface area contributed by atoms with E-state index in [4.69, 9.17) is 14.3 Å². The van der Waals surface area contributed by atoms with Gasteiger partial charge in [0.05, 0.1) is 6.61 Å². The number of ether oxygens (including phenoxy) is 1. The van der Waals surface area contributed by atoms with Crippen molar-refractivity contribution >= 4 is 12.2 Å². The smallest absolute Gasteiger partial charge is 0.218 e. The molecule has 34 heavy (non-hydrogen) atoms. The molecule has 0 saturated carbocycles. The van der Waals surface area contributed by atoms with E-state index in [1.807, 2.05) is 30.5 Å². The van der Waals surface area contributed by atoms with Gasteiger partial charge in [-0.3, -0.25) is 0 Å². The first-order valence-electron chi connectivity index (χ1n) is 11.0. The van der Waals surface area contributed by atoms with Gasteiger partial charge in [0.1, 0.15) is 41.8 Å². The van der Waals surface area contributed by atoms with Gasteiger partial charge in [-0.1, -0.05) is 18.2 Å². The molecule has 4 rings (SSSR count). The summed E-state index contributed by atoms with van der Waals surface area (Å²) in [7, 11) is 0. The maximum Gasteiger partial charge on any atom is 0.218 e. The number of aryl methyl sites for hydroxylation is 2. The Labute approximate surface area is 196 Å². The third-order valence-corrected chi connectivity index (χ3v) is 5.27. The van der Waals surface area contributed by atoms with Gasteiger partial charge in [-0.2, -0.15) is 0 Å². The van der Waals surface area contributed by atoms with E-state index < -0.39 is 11.6 Å². The topological polar surface area (TPSA) is 73.3 Å². The third kappa shape index (κ3) is 6.17. The summed E-state index contributed by atoms with van der Waals surface area (Å²) in [4.78, 5) is 8.52. The van der Waals surface area contributed by atoms with Crippen molar-refractivity contribution in [1.29, 1.82) is 0 Å². The van der Waals surface area contributed by atoms with Crippen LogP contribution in [0.4, 0.5) is 8.78 Å². The highest BCUT2D eigenvalue weighted by Crippen LogP contribution is 2.18. The van der Waals surface area contributed by atoms with Crippen LogP contribution in [0, 0.1) is 11.6 Å². The van der Waals surface area contributed by atoms with Crippen LogP contribution in [0.3, 0.4) is 0 Å². The Morgan fingerprint density at radius 1 is 1.03 bits per heavy atom. The lowest BCUT2D eigenvalue weighted by Crippen LogP contribution is -2.06. The normalized spacial score (nSPS) is 11.4. The molecule has 0 aliphatic carbocycles. The van der Waals surface area contributed by atoms with Crippen LogP contribution >= 0.6 is 0 Å². The van der Waals surface area contributed by atoms with Crippen molar-refractivity contribution in [3.63, 3.8) is 0 Å². The van der Waals surface area contributed by atoms with E-state index in [1.54, 1.807) is 6.20 Å². The summed E-state index contributed by atoms with van der Waals surface area (Å²) >= 11 is 0. The number of aliphatic hydroxyl groups is 1. The first-order valence-corrected chi connectivity index (χ1v) is 11.0. The van der Waals surface area contributed by atoms with E-state index in [9.17, 15) is 8.78 Å². The second kappa shape index (κ2) is 11.4. The van der Waals surface area contributed by atoms with Crippen molar-refractivity contribution in [2.24, 2.45) is 0 Å². The molecule has 4 aromatic rings. The lowest BCUT2D eigenvalue weighted by Gasteiger charge is -2.08. The predicted molar refractivity (Wildman–Crippen MR) is 124 cm³/mol. The Kier molecular flexibility index (Phi) is 7.83. The summed E-state index contributed by atoms with van der Waals surface area (Å²) in [5, 5.41) is 9.09. The highest BCUT2D eigenvalue weighted by molar-refractivity contribution is 5.66. The number of benzene rings is 2. The second-order valence-corrected chi connectivity index (χ2v) is 7.69. The lowest BCUT2D eigenvalue weighted by molar-refractivity contribution is 0.294. The Bertz CT molecular complexity index is 1210. The van der Waals surface area contributed by atoms with Gasteiger partial charge in [0.2, 0.25) is 5.89 Å². The quantitative estimate of drug-likeness (QED) is 0.335. The van der Waals surface area contributed by atoms with Crippen LogP contribution in [0.25, 0.3) is 12.2 Å². The number of rotatable bonds is 11. The van der Waals surface area contributed by atoms with Gasteiger partial charge in [0.25, 0.3) is 0 Å². The van der Waals surface area contributed by atoms with Crippen LogP contribution in [0.5, 0.6) is 5.75 Å². The zero-order valence-electron chi connectivity index (χ0n) is 18.5. The van der Waals surface area contributed by atoms with Gasteiger partial charge in [0.15, 0.2) is 0 Å². The maximum atomic E-state index is 13.7. The van der Waals surface area contributed by atoms with Gasteiger partial charge < -0.3 is 18.8 Å². The molecule has 2 heterocycles. The molecule has 2 aromatic carbocycles. The van der Waals surface area contributed by atoms with Crippen molar-refractivity contribution in [2.75, 3.05) is 6.61 Å². The van der Waals surface area contributed by atoms with Crippen molar-refractivity contribution in [1.82, 2.24) is 14.5 Å². The maximum absolute atomic E-state index is 13.7. The standard InChI is InChI=1S/C26H25F2N3O3/c27-23-4-1-5-24(28)22(23)10-11-26-30-20(18-34-26)17-33-21-8-6-19(7-9-21)3-2-14-31-15-13-29-25(31)12-16-32/h1,4-11,13,15,18,32H,2-3,12,14,16-17H2/b11-10+. The highest BCUT2D eigenvalue weighted by Gasteiger charge is 2.07. The average Bonchev–Trinajstić information content (AvgIpc) is 3.48. The summed E-state index contributed by atoms with van der Waals surface area (Å²) in [5.74, 6) is 0.539. The summed E-state index contributed by atoms with van der Waals surface area (Å²) in [6, 6.07) is 11.6. The number of hydrogen-bond donors (Lipinski definition) is 1.